The first-order valence-corrected chi connectivity index (χ1v) is 11.0. The van der Waals surface area contributed by atoms with Crippen LogP contribution in [0.5, 0.6) is 5.75 Å². The van der Waals surface area contributed by atoms with Crippen molar-refractivity contribution in [3.8, 4) is 5.75 Å². The molecule has 3 fully saturated rings. The number of piperidine rings is 1. The van der Waals surface area contributed by atoms with E-state index in [1.807, 2.05) is 47.4 Å². The van der Waals surface area contributed by atoms with Gasteiger partial charge in [-0.25, -0.2) is 15.2 Å². The lowest BCUT2D eigenvalue weighted by Crippen LogP contribution is -2.71. The molecule has 0 aromatic heterocycles. The molecule has 4 N–H and O–H groups in total. The molecular formula is C23H30N6O2. The molecule has 4 unspecified atom stereocenters. The summed E-state index contributed by atoms with van der Waals surface area (Å²) in [5.74, 6) is 1.14. The lowest BCUT2D eigenvalue weighted by atomic mass is 9.86. The van der Waals surface area contributed by atoms with Gasteiger partial charge >= 0.3 is 6.03 Å². The van der Waals surface area contributed by atoms with E-state index in [9.17, 15) is 4.79 Å². The number of ether oxygens (including phenoxy) is 1. The van der Waals surface area contributed by atoms with E-state index in [2.05, 4.69) is 33.5 Å². The first-order valence-electron chi connectivity index (χ1n) is 11.0. The number of hydrogen-bond acceptors (Lipinski definition) is 6. The lowest BCUT2D eigenvalue weighted by Gasteiger charge is -2.51. The van der Waals surface area contributed by atoms with Gasteiger partial charge in [0.1, 0.15) is 11.9 Å². The van der Waals surface area contributed by atoms with Crippen LogP contribution >= 0.6 is 0 Å². The molecular weight excluding hydrogens is 392 g/mol. The molecule has 0 radical (unpaired) electrons. The van der Waals surface area contributed by atoms with Crippen LogP contribution in [0.1, 0.15) is 18.4 Å². The summed E-state index contributed by atoms with van der Waals surface area (Å²) in [5.41, 5.74) is 5.41. The van der Waals surface area contributed by atoms with Gasteiger partial charge in [-0.2, -0.15) is 0 Å². The van der Waals surface area contributed by atoms with Gasteiger partial charge in [-0.1, -0.05) is 30.3 Å². The Balaban J connectivity index is 1.33. The topological polar surface area (TPSA) is 80.9 Å². The molecule has 3 aliphatic heterocycles. The zero-order valence-electron chi connectivity index (χ0n) is 17.8. The summed E-state index contributed by atoms with van der Waals surface area (Å²) in [6.07, 6.45) is 2.14. The van der Waals surface area contributed by atoms with Crippen LogP contribution in [0.15, 0.2) is 54.6 Å². The van der Waals surface area contributed by atoms with Gasteiger partial charge in [-0.3, -0.25) is 10.6 Å². The molecule has 3 aliphatic rings. The van der Waals surface area contributed by atoms with E-state index < -0.39 is 0 Å². The third kappa shape index (κ3) is 4.06. The van der Waals surface area contributed by atoms with Gasteiger partial charge in [0.2, 0.25) is 0 Å². The molecule has 5 rings (SSSR count). The Kier molecular flexibility index (Phi) is 5.67. The third-order valence-corrected chi connectivity index (χ3v) is 6.53. The van der Waals surface area contributed by atoms with Crippen LogP contribution in [0.2, 0.25) is 0 Å². The van der Waals surface area contributed by atoms with E-state index in [0.717, 1.165) is 36.4 Å². The van der Waals surface area contributed by atoms with Crippen LogP contribution in [0, 0.1) is 5.92 Å². The molecule has 2 amide bonds. The summed E-state index contributed by atoms with van der Waals surface area (Å²) in [7, 11) is 1.66. The number of carbonyl (C=O) groups excluding carboxylic acids is 1. The number of hydrogen-bond donors (Lipinski definition) is 4. The van der Waals surface area contributed by atoms with E-state index in [1.165, 1.54) is 0 Å². The average molecular weight is 423 g/mol. The highest BCUT2D eigenvalue weighted by atomic mass is 16.5. The molecule has 31 heavy (non-hydrogen) atoms. The number of benzene rings is 2. The van der Waals surface area contributed by atoms with E-state index in [-0.39, 0.29) is 18.4 Å². The standard InChI is InChI=1S/C23H30N6O2/c1-31-19-10-7-16(8-11-19)14-28-22-20(21-25-15-26-29(21)23(28)30)12-9-18(27-22)13-24-17-5-3-2-4-6-17/h2-8,10-11,18,20-22,24-27H,9,12-15H2,1H3. The van der Waals surface area contributed by atoms with Crippen LogP contribution < -0.4 is 26.1 Å². The smallest absolute Gasteiger partial charge is 0.337 e. The van der Waals surface area contributed by atoms with E-state index in [1.54, 1.807) is 12.1 Å². The van der Waals surface area contributed by atoms with Crippen molar-refractivity contribution in [2.45, 2.75) is 37.8 Å². The number of nitrogens with one attached hydrogen (secondary N) is 4. The number of methoxy groups -OCH3 is 1. The fourth-order valence-corrected chi connectivity index (χ4v) is 4.92. The summed E-state index contributed by atoms with van der Waals surface area (Å²) in [6, 6.07) is 18.5. The second-order valence-corrected chi connectivity index (χ2v) is 8.41. The lowest BCUT2D eigenvalue weighted by molar-refractivity contribution is -0.0212. The quantitative estimate of drug-likeness (QED) is 0.571. The second kappa shape index (κ2) is 8.74. The zero-order chi connectivity index (χ0) is 21.2. The highest BCUT2D eigenvalue weighted by molar-refractivity contribution is 5.76. The molecule has 2 aromatic rings. The molecule has 0 aliphatic carbocycles. The van der Waals surface area contributed by atoms with Gasteiger partial charge in [0, 0.05) is 30.7 Å². The van der Waals surface area contributed by atoms with Gasteiger partial charge in [0.25, 0.3) is 0 Å². The number of para-hydroxylation sites is 1. The maximum atomic E-state index is 13.3. The van der Waals surface area contributed by atoms with E-state index >= 15 is 0 Å². The number of anilines is 1. The number of hydrazine groups is 1. The molecule has 4 atom stereocenters. The number of carbonyl (C=O) groups is 1. The first kappa shape index (κ1) is 20.1. The van der Waals surface area contributed by atoms with Crippen molar-refractivity contribution in [1.29, 1.82) is 0 Å². The van der Waals surface area contributed by atoms with Gasteiger partial charge in [0.15, 0.2) is 0 Å². The van der Waals surface area contributed by atoms with Crippen molar-refractivity contribution in [2.75, 3.05) is 25.6 Å². The van der Waals surface area contributed by atoms with Gasteiger partial charge in [0.05, 0.1) is 19.9 Å². The van der Waals surface area contributed by atoms with Crippen LogP contribution in [-0.4, -0.2) is 54.6 Å². The SMILES string of the molecule is COc1ccc(CN2C(=O)N3NCNC3C3CCC(CNc4ccccc4)NC32)cc1. The molecule has 3 heterocycles. The molecule has 0 bridgehead atoms. The molecule has 2 aromatic carbocycles. The first-order chi connectivity index (χ1) is 15.2. The Bertz CT molecular complexity index is 893. The van der Waals surface area contributed by atoms with E-state index in [0.29, 0.717) is 25.2 Å². The van der Waals surface area contributed by atoms with Crippen molar-refractivity contribution < 1.29 is 9.53 Å². The predicted molar refractivity (Wildman–Crippen MR) is 119 cm³/mol. The highest BCUT2D eigenvalue weighted by Crippen LogP contribution is 2.34. The van der Waals surface area contributed by atoms with Crippen molar-refractivity contribution in [3.63, 3.8) is 0 Å². The van der Waals surface area contributed by atoms with Crippen molar-refractivity contribution in [1.82, 2.24) is 26.0 Å². The van der Waals surface area contributed by atoms with Crippen LogP contribution in [-0.2, 0) is 6.54 Å². The Morgan fingerprint density at radius 2 is 1.87 bits per heavy atom. The minimum Gasteiger partial charge on any atom is -0.497 e. The van der Waals surface area contributed by atoms with Crippen molar-refractivity contribution in [3.05, 3.63) is 60.2 Å². The largest absolute Gasteiger partial charge is 0.497 e. The third-order valence-electron chi connectivity index (χ3n) is 6.53. The van der Waals surface area contributed by atoms with E-state index in [4.69, 9.17) is 4.74 Å². The van der Waals surface area contributed by atoms with Gasteiger partial charge in [-0.15, -0.1) is 0 Å². The number of rotatable bonds is 6. The van der Waals surface area contributed by atoms with Crippen LogP contribution in [0.4, 0.5) is 10.5 Å². The van der Waals surface area contributed by atoms with Crippen LogP contribution in [0.25, 0.3) is 0 Å². The summed E-state index contributed by atoms with van der Waals surface area (Å²) in [6.45, 7) is 2.01. The Morgan fingerprint density at radius 3 is 2.65 bits per heavy atom. The molecule has 8 heteroatoms. The minimum atomic E-state index is -0.0143. The number of amides is 2. The fraction of sp³-hybridized carbons (Fsp3) is 0.435. The Labute approximate surface area is 182 Å². The molecule has 164 valence electrons. The number of nitrogens with zero attached hydrogens (tertiary/aromatic N) is 2. The fourth-order valence-electron chi connectivity index (χ4n) is 4.92. The summed E-state index contributed by atoms with van der Waals surface area (Å²) in [5, 5.41) is 12.5. The van der Waals surface area contributed by atoms with Crippen LogP contribution in [0.3, 0.4) is 0 Å². The maximum Gasteiger partial charge on any atom is 0.337 e. The summed E-state index contributed by atoms with van der Waals surface area (Å²) < 4.78 is 5.27. The molecule has 0 spiro atoms. The second-order valence-electron chi connectivity index (χ2n) is 8.41. The summed E-state index contributed by atoms with van der Waals surface area (Å²) in [4.78, 5) is 15.3. The molecule has 8 nitrogen and oxygen atoms in total. The van der Waals surface area contributed by atoms with Crippen molar-refractivity contribution >= 4 is 11.7 Å². The number of fused-ring (bicyclic) bond motifs is 3. The average Bonchev–Trinajstić information content (AvgIpc) is 3.32. The maximum absolute atomic E-state index is 13.3. The minimum absolute atomic E-state index is 0.0104. The summed E-state index contributed by atoms with van der Waals surface area (Å²) >= 11 is 0. The predicted octanol–water partition coefficient (Wildman–Crippen LogP) is 2.13. The Hall–Kier alpha value is -2.81. The molecule has 0 saturated carbocycles. The Morgan fingerprint density at radius 1 is 1.06 bits per heavy atom. The van der Waals surface area contributed by atoms with Gasteiger partial charge < -0.3 is 15.0 Å². The highest BCUT2D eigenvalue weighted by Gasteiger charge is 2.50. The monoisotopic (exact) mass is 422 g/mol. The van der Waals surface area contributed by atoms with Gasteiger partial charge in [-0.05, 0) is 42.7 Å². The number of urea groups is 1. The van der Waals surface area contributed by atoms with Crippen molar-refractivity contribution in [2.24, 2.45) is 5.92 Å². The zero-order valence-corrected chi connectivity index (χ0v) is 17.8. The molecule has 3 saturated heterocycles. The normalized spacial score (nSPS) is 27.6.